The van der Waals surface area contributed by atoms with Crippen molar-refractivity contribution in [2.75, 3.05) is 19.6 Å². The molecule has 0 aromatic heterocycles. The van der Waals surface area contributed by atoms with E-state index in [1.165, 1.54) is 12.1 Å². The Kier molecular flexibility index (Phi) is 6.46. The van der Waals surface area contributed by atoms with Crippen LogP contribution in [0.5, 0.6) is 0 Å². The third-order valence-electron chi connectivity index (χ3n) is 7.59. The lowest BCUT2D eigenvalue weighted by molar-refractivity contribution is -0.131. The number of halogens is 3. The third kappa shape index (κ3) is 4.75. The number of hydrogen-bond donors (Lipinski definition) is 2. The van der Waals surface area contributed by atoms with Gasteiger partial charge in [0.05, 0.1) is 5.41 Å². The molecule has 8 heteroatoms. The molecule has 4 fully saturated rings. The maximum atomic E-state index is 14.5. The van der Waals surface area contributed by atoms with Crippen LogP contribution >= 0.6 is 15.9 Å². The first-order valence-corrected chi connectivity index (χ1v) is 12.7. The van der Waals surface area contributed by atoms with Crippen LogP contribution in [0.1, 0.15) is 36.8 Å². The molecule has 1 aliphatic carbocycles. The number of carbonyl (C=O) groups is 2. The fraction of sp³-hybridized carbons (Fsp3) is 0.462. The van der Waals surface area contributed by atoms with Gasteiger partial charge in [0.2, 0.25) is 11.8 Å². The summed E-state index contributed by atoms with van der Waals surface area (Å²) in [5.41, 5.74) is 0.0491. The van der Waals surface area contributed by atoms with Gasteiger partial charge in [-0.3, -0.25) is 9.59 Å². The maximum Gasteiger partial charge on any atom is 0.243 e. The van der Waals surface area contributed by atoms with Gasteiger partial charge in [-0.05, 0) is 68.5 Å². The molecule has 5 nitrogen and oxygen atoms in total. The molecule has 2 unspecified atom stereocenters. The molecule has 3 aliphatic heterocycles. The molecule has 0 spiro atoms. The molecule has 180 valence electrons. The van der Waals surface area contributed by atoms with E-state index in [0.717, 1.165) is 48.6 Å². The summed E-state index contributed by atoms with van der Waals surface area (Å²) in [6.45, 7) is 2.98. The van der Waals surface area contributed by atoms with Crippen LogP contribution in [0.3, 0.4) is 0 Å². The Morgan fingerprint density at radius 2 is 1.79 bits per heavy atom. The molecule has 3 heterocycles. The van der Waals surface area contributed by atoms with Crippen molar-refractivity contribution < 1.29 is 18.4 Å². The molecule has 4 aliphatic rings. The second-order valence-electron chi connectivity index (χ2n) is 9.82. The molecule has 2 aromatic carbocycles. The summed E-state index contributed by atoms with van der Waals surface area (Å²) in [6.07, 6.45) is 3.40. The Balaban J connectivity index is 1.35. The van der Waals surface area contributed by atoms with Gasteiger partial charge in [-0.15, -0.1) is 0 Å². The van der Waals surface area contributed by atoms with E-state index in [1.54, 1.807) is 0 Å². The number of amides is 2. The molecule has 2 amide bonds. The summed E-state index contributed by atoms with van der Waals surface area (Å²) in [4.78, 5) is 29.2. The van der Waals surface area contributed by atoms with Gasteiger partial charge in [0, 0.05) is 35.1 Å². The van der Waals surface area contributed by atoms with Crippen molar-refractivity contribution in [2.45, 2.75) is 49.6 Å². The SMILES string of the molecule is O=C(NC1CN2CCC1CC2)C(Cc1ccc(Br)cc1)NC(=O)C1(c2ccc(F)cc2F)CC1. The van der Waals surface area contributed by atoms with Crippen LogP contribution < -0.4 is 10.6 Å². The Morgan fingerprint density at radius 1 is 1.09 bits per heavy atom. The van der Waals surface area contributed by atoms with Gasteiger partial charge in [0.15, 0.2) is 0 Å². The first kappa shape index (κ1) is 23.4. The molecule has 2 aromatic rings. The molecule has 2 atom stereocenters. The number of benzene rings is 2. The highest BCUT2D eigenvalue weighted by Crippen LogP contribution is 2.49. The van der Waals surface area contributed by atoms with Gasteiger partial charge in [-0.1, -0.05) is 34.1 Å². The van der Waals surface area contributed by atoms with E-state index in [1.807, 2.05) is 24.3 Å². The van der Waals surface area contributed by atoms with Crippen molar-refractivity contribution in [3.8, 4) is 0 Å². The van der Waals surface area contributed by atoms with Crippen LogP contribution in [-0.4, -0.2) is 48.4 Å². The molecule has 3 saturated heterocycles. The van der Waals surface area contributed by atoms with Crippen molar-refractivity contribution in [2.24, 2.45) is 5.92 Å². The van der Waals surface area contributed by atoms with Crippen LogP contribution in [0.25, 0.3) is 0 Å². The van der Waals surface area contributed by atoms with Crippen molar-refractivity contribution in [3.05, 3.63) is 69.7 Å². The number of nitrogens with zero attached hydrogens (tertiary/aromatic N) is 1. The predicted molar refractivity (Wildman–Crippen MR) is 128 cm³/mol. The molecular formula is C26H28BrF2N3O2. The van der Waals surface area contributed by atoms with E-state index >= 15 is 0 Å². The van der Waals surface area contributed by atoms with Crippen molar-refractivity contribution >= 4 is 27.7 Å². The first-order valence-electron chi connectivity index (χ1n) is 11.9. The highest BCUT2D eigenvalue weighted by Gasteiger charge is 2.53. The molecule has 1 saturated carbocycles. The monoisotopic (exact) mass is 531 g/mol. The quantitative estimate of drug-likeness (QED) is 0.572. The lowest BCUT2D eigenvalue weighted by atomic mass is 9.84. The fourth-order valence-electron chi connectivity index (χ4n) is 5.40. The summed E-state index contributed by atoms with van der Waals surface area (Å²) < 4.78 is 28.9. The second kappa shape index (κ2) is 9.38. The molecule has 2 bridgehead atoms. The Hall–Kier alpha value is -2.32. The molecule has 34 heavy (non-hydrogen) atoms. The Bertz CT molecular complexity index is 1080. The van der Waals surface area contributed by atoms with E-state index in [-0.39, 0.29) is 23.4 Å². The van der Waals surface area contributed by atoms with E-state index in [0.29, 0.717) is 25.2 Å². The van der Waals surface area contributed by atoms with Gasteiger partial charge in [0.1, 0.15) is 17.7 Å². The van der Waals surface area contributed by atoms with E-state index < -0.39 is 23.1 Å². The van der Waals surface area contributed by atoms with Crippen LogP contribution in [-0.2, 0) is 21.4 Å². The molecule has 2 N–H and O–H groups in total. The van der Waals surface area contributed by atoms with Gasteiger partial charge in [0.25, 0.3) is 0 Å². The average molecular weight is 532 g/mol. The Labute approximate surface area is 206 Å². The van der Waals surface area contributed by atoms with Gasteiger partial charge in [-0.25, -0.2) is 8.78 Å². The lowest BCUT2D eigenvalue weighted by Crippen LogP contribution is -2.60. The number of hydrogen-bond acceptors (Lipinski definition) is 3. The average Bonchev–Trinajstić information content (AvgIpc) is 3.62. The zero-order valence-electron chi connectivity index (χ0n) is 18.8. The third-order valence-corrected chi connectivity index (χ3v) is 8.12. The number of piperidine rings is 3. The number of rotatable bonds is 7. The summed E-state index contributed by atoms with van der Waals surface area (Å²) in [6, 6.07) is 10.2. The van der Waals surface area contributed by atoms with E-state index in [2.05, 4.69) is 31.5 Å². The van der Waals surface area contributed by atoms with Crippen LogP contribution in [0.2, 0.25) is 0 Å². The molecule has 0 radical (unpaired) electrons. The first-order chi connectivity index (χ1) is 16.3. The second-order valence-corrected chi connectivity index (χ2v) is 10.7. The fourth-order valence-corrected chi connectivity index (χ4v) is 5.66. The molecule has 6 rings (SSSR count). The highest BCUT2D eigenvalue weighted by atomic mass is 79.9. The van der Waals surface area contributed by atoms with Crippen LogP contribution in [0, 0.1) is 17.6 Å². The van der Waals surface area contributed by atoms with Gasteiger partial charge < -0.3 is 15.5 Å². The molecular weight excluding hydrogens is 504 g/mol. The topological polar surface area (TPSA) is 61.4 Å². The summed E-state index contributed by atoms with van der Waals surface area (Å²) in [7, 11) is 0. The smallest absolute Gasteiger partial charge is 0.243 e. The standard InChI is InChI=1S/C26H28BrF2N3O2/c27-18-3-1-16(2-4-18)13-22(24(33)30-23-15-32-11-7-17(23)8-12-32)31-25(34)26(9-10-26)20-6-5-19(28)14-21(20)29/h1-6,14,17,22-23H,7-13,15H2,(H,30,33)(H,31,34). The van der Waals surface area contributed by atoms with Gasteiger partial charge >= 0.3 is 0 Å². The van der Waals surface area contributed by atoms with Crippen molar-refractivity contribution in [1.82, 2.24) is 15.5 Å². The Morgan fingerprint density at radius 3 is 2.38 bits per heavy atom. The van der Waals surface area contributed by atoms with E-state index in [9.17, 15) is 18.4 Å². The zero-order valence-corrected chi connectivity index (χ0v) is 20.4. The highest BCUT2D eigenvalue weighted by molar-refractivity contribution is 9.10. The normalized spacial score (nSPS) is 25.4. The minimum Gasteiger partial charge on any atom is -0.350 e. The lowest BCUT2D eigenvalue weighted by Gasteiger charge is -2.45. The minimum atomic E-state index is -1.05. The van der Waals surface area contributed by atoms with E-state index in [4.69, 9.17) is 0 Å². The number of fused-ring (bicyclic) bond motifs is 3. The summed E-state index contributed by atoms with van der Waals surface area (Å²) in [5.74, 6) is -1.55. The number of nitrogens with one attached hydrogen (secondary N) is 2. The van der Waals surface area contributed by atoms with Gasteiger partial charge in [-0.2, -0.15) is 0 Å². The maximum absolute atomic E-state index is 14.5. The van der Waals surface area contributed by atoms with Crippen molar-refractivity contribution in [1.29, 1.82) is 0 Å². The largest absolute Gasteiger partial charge is 0.350 e. The van der Waals surface area contributed by atoms with Crippen LogP contribution in [0.4, 0.5) is 8.78 Å². The zero-order chi connectivity index (χ0) is 23.9. The minimum absolute atomic E-state index is 0.0729. The van der Waals surface area contributed by atoms with Crippen molar-refractivity contribution in [3.63, 3.8) is 0 Å². The predicted octanol–water partition coefficient (Wildman–Crippen LogP) is 3.70. The number of carbonyl (C=O) groups excluding carboxylic acids is 2. The van der Waals surface area contributed by atoms with Crippen LogP contribution in [0.15, 0.2) is 46.9 Å². The summed E-state index contributed by atoms with van der Waals surface area (Å²) in [5, 5.41) is 6.11. The summed E-state index contributed by atoms with van der Waals surface area (Å²) >= 11 is 3.42.